The van der Waals surface area contributed by atoms with Gasteiger partial charge in [-0.25, -0.2) is 9.48 Å². The molecule has 1 aromatic heterocycles. The van der Waals surface area contributed by atoms with Crippen LogP contribution in [0, 0.1) is 18.8 Å². The molecule has 45 heavy (non-hydrogen) atoms. The van der Waals surface area contributed by atoms with E-state index in [1.165, 1.54) is 11.1 Å². The molecule has 1 aliphatic heterocycles. The molecule has 2 heterocycles. The summed E-state index contributed by atoms with van der Waals surface area (Å²) in [6.07, 6.45) is 4.47. The van der Waals surface area contributed by atoms with Crippen molar-refractivity contribution >= 4 is 23.3 Å². The number of carbonyl (C=O) groups is 2. The van der Waals surface area contributed by atoms with Crippen LogP contribution in [0.5, 0.6) is 0 Å². The predicted octanol–water partition coefficient (Wildman–Crippen LogP) is 7.58. The summed E-state index contributed by atoms with van der Waals surface area (Å²) in [5, 5.41) is 14.4. The van der Waals surface area contributed by atoms with Gasteiger partial charge in [-0.15, -0.1) is 0 Å². The molecule has 7 nitrogen and oxygen atoms in total. The van der Waals surface area contributed by atoms with E-state index in [0.29, 0.717) is 29.6 Å². The van der Waals surface area contributed by atoms with E-state index >= 15 is 0 Å². The maximum atomic E-state index is 14.1. The van der Waals surface area contributed by atoms with Crippen LogP contribution < -0.4 is 16.0 Å². The van der Waals surface area contributed by atoms with Gasteiger partial charge in [0.2, 0.25) is 0 Å². The number of aryl methyl sites for hydroxylation is 1. The SMILES string of the molecule is Cc1ccc(-n2nc(C(C)(C)C)cc2NC(=O)Nc2cccc(C(C(=O)CC3Cc4ccccc4C3)C3CCNCC3)c2)cc1. The maximum Gasteiger partial charge on any atom is 0.324 e. The Bertz CT molecular complexity index is 1640. The van der Waals surface area contributed by atoms with Crippen molar-refractivity contribution in [3.63, 3.8) is 0 Å². The van der Waals surface area contributed by atoms with Gasteiger partial charge in [-0.1, -0.05) is 74.9 Å². The Morgan fingerprint density at radius 3 is 2.27 bits per heavy atom. The minimum Gasteiger partial charge on any atom is -0.317 e. The summed E-state index contributed by atoms with van der Waals surface area (Å²) in [4.78, 5) is 27.5. The van der Waals surface area contributed by atoms with Crippen LogP contribution in [-0.2, 0) is 23.1 Å². The minimum atomic E-state index is -0.352. The summed E-state index contributed by atoms with van der Waals surface area (Å²) < 4.78 is 1.78. The van der Waals surface area contributed by atoms with Crippen LogP contribution in [0.3, 0.4) is 0 Å². The van der Waals surface area contributed by atoms with Crippen molar-refractivity contribution in [2.75, 3.05) is 23.7 Å². The third-order valence-corrected chi connectivity index (χ3v) is 9.33. The number of aromatic nitrogens is 2. The average molecular weight is 604 g/mol. The molecule has 234 valence electrons. The highest BCUT2D eigenvalue weighted by atomic mass is 16.2. The second-order valence-electron chi connectivity index (χ2n) is 13.9. The number of hydrogen-bond donors (Lipinski definition) is 3. The first-order chi connectivity index (χ1) is 21.6. The number of hydrogen-bond acceptors (Lipinski definition) is 4. The van der Waals surface area contributed by atoms with Gasteiger partial charge in [0.05, 0.1) is 11.4 Å². The monoisotopic (exact) mass is 603 g/mol. The Morgan fingerprint density at radius 2 is 1.60 bits per heavy atom. The number of piperidine rings is 1. The molecule has 1 unspecified atom stereocenters. The predicted molar refractivity (Wildman–Crippen MR) is 181 cm³/mol. The van der Waals surface area contributed by atoms with Crippen LogP contribution in [0.15, 0.2) is 78.9 Å². The van der Waals surface area contributed by atoms with Crippen molar-refractivity contribution in [1.82, 2.24) is 15.1 Å². The summed E-state index contributed by atoms with van der Waals surface area (Å²) in [6, 6.07) is 26.1. The number of ketones is 1. The summed E-state index contributed by atoms with van der Waals surface area (Å²) in [5.74, 6) is 1.36. The Kier molecular flexibility index (Phi) is 8.90. The number of nitrogens with zero attached hydrogens (tertiary/aromatic N) is 2. The molecular weight excluding hydrogens is 558 g/mol. The van der Waals surface area contributed by atoms with Crippen LogP contribution in [0.4, 0.5) is 16.3 Å². The molecule has 1 atom stereocenters. The van der Waals surface area contributed by atoms with Crippen molar-refractivity contribution in [1.29, 1.82) is 0 Å². The van der Waals surface area contributed by atoms with E-state index in [0.717, 1.165) is 61.3 Å². The zero-order valence-corrected chi connectivity index (χ0v) is 26.9. The van der Waals surface area contributed by atoms with E-state index in [1.54, 1.807) is 4.68 Å². The van der Waals surface area contributed by atoms with E-state index in [1.807, 2.05) is 55.5 Å². The Hall–Kier alpha value is -4.23. The Balaban J connectivity index is 1.20. The van der Waals surface area contributed by atoms with E-state index in [-0.39, 0.29) is 23.3 Å². The number of rotatable bonds is 8. The Labute approximate surface area is 266 Å². The quantitative estimate of drug-likeness (QED) is 0.194. The molecule has 3 N–H and O–H groups in total. The lowest BCUT2D eigenvalue weighted by Gasteiger charge is -2.31. The highest BCUT2D eigenvalue weighted by molar-refractivity contribution is 5.99. The van der Waals surface area contributed by atoms with Gasteiger partial charge in [0.15, 0.2) is 0 Å². The number of urea groups is 1. The van der Waals surface area contributed by atoms with E-state index in [4.69, 9.17) is 5.10 Å². The number of amides is 2. The van der Waals surface area contributed by atoms with Crippen LogP contribution in [0.25, 0.3) is 5.69 Å². The lowest BCUT2D eigenvalue weighted by Crippen LogP contribution is -2.34. The minimum absolute atomic E-state index is 0.182. The number of Topliss-reactive ketones (excluding diaryl/α,β-unsaturated/α-hetero) is 1. The van der Waals surface area contributed by atoms with Crippen LogP contribution in [-0.4, -0.2) is 34.7 Å². The molecule has 0 bridgehead atoms. The lowest BCUT2D eigenvalue weighted by atomic mass is 9.75. The highest BCUT2D eigenvalue weighted by Gasteiger charge is 2.33. The van der Waals surface area contributed by atoms with E-state index in [2.05, 4.69) is 67.1 Å². The number of anilines is 2. The third-order valence-electron chi connectivity index (χ3n) is 9.33. The number of fused-ring (bicyclic) bond motifs is 1. The molecule has 0 saturated carbocycles. The fourth-order valence-corrected chi connectivity index (χ4v) is 6.91. The standard InChI is InChI=1S/C38H45N5O2/c1-25-12-14-32(15-13-25)43-35(24-34(42-43)38(2,3)4)41-37(45)40-31-11-7-10-30(23-31)36(27-16-18-39-19-17-27)33(44)22-26-20-28-8-5-6-9-29(28)21-26/h5-15,23-24,26-27,36,39H,16-22H2,1-4H3,(H2,40,41,45). The van der Waals surface area contributed by atoms with E-state index in [9.17, 15) is 9.59 Å². The number of carbonyl (C=O) groups excluding carboxylic acids is 2. The molecule has 0 radical (unpaired) electrons. The summed E-state index contributed by atoms with van der Waals surface area (Å²) >= 11 is 0. The molecule has 2 aliphatic rings. The van der Waals surface area contributed by atoms with Gasteiger partial charge >= 0.3 is 6.03 Å². The van der Waals surface area contributed by atoms with Crippen molar-refractivity contribution in [2.45, 2.75) is 71.1 Å². The first kappa shape index (κ1) is 30.8. The summed E-state index contributed by atoms with van der Waals surface area (Å²) in [6.45, 7) is 10.2. The van der Waals surface area contributed by atoms with Gasteiger partial charge in [0.1, 0.15) is 11.6 Å². The first-order valence-corrected chi connectivity index (χ1v) is 16.3. The van der Waals surface area contributed by atoms with Gasteiger partial charge < -0.3 is 10.6 Å². The molecule has 1 saturated heterocycles. The normalized spacial score (nSPS) is 16.3. The van der Waals surface area contributed by atoms with Gasteiger partial charge in [-0.2, -0.15) is 5.10 Å². The fourth-order valence-electron chi connectivity index (χ4n) is 6.91. The Morgan fingerprint density at radius 1 is 0.911 bits per heavy atom. The van der Waals surface area contributed by atoms with Crippen molar-refractivity contribution in [3.8, 4) is 5.69 Å². The van der Waals surface area contributed by atoms with Crippen LogP contribution >= 0.6 is 0 Å². The number of benzene rings is 3. The van der Waals surface area contributed by atoms with Crippen LogP contribution in [0.2, 0.25) is 0 Å². The van der Waals surface area contributed by atoms with Gasteiger partial charge in [0.25, 0.3) is 0 Å². The first-order valence-electron chi connectivity index (χ1n) is 16.3. The second-order valence-corrected chi connectivity index (χ2v) is 13.9. The highest BCUT2D eigenvalue weighted by Crippen LogP contribution is 2.37. The zero-order chi connectivity index (χ0) is 31.6. The van der Waals surface area contributed by atoms with Gasteiger partial charge in [-0.05, 0) is 98.5 Å². The van der Waals surface area contributed by atoms with Gasteiger partial charge in [-0.3, -0.25) is 10.1 Å². The third kappa shape index (κ3) is 7.20. The van der Waals surface area contributed by atoms with E-state index < -0.39 is 0 Å². The zero-order valence-electron chi connectivity index (χ0n) is 26.9. The molecule has 4 aromatic rings. The fraction of sp³-hybridized carbons (Fsp3) is 0.395. The smallest absolute Gasteiger partial charge is 0.317 e. The second kappa shape index (κ2) is 13.0. The van der Waals surface area contributed by atoms with Gasteiger partial charge in [0, 0.05) is 29.5 Å². The summed E-state index contributed by atoms with van der Waals surface area (Å²) in [5.41, 5.74) is 7.14. The van der Waals surface area contributed by atoms with Crippen molar-refractivity contribution in [3.05, 3.63) is 107 Å². The molecular formula is C38H45N5O2. The van der Waals surface area contributed by atoms with Crippen LogP contribution in [0.1, 0.15) is 73.9 Å². The summed E-state index contributed by atoms with van der Waals surface area (Å²) in [7, 11) is 0. The molecule has 6 rings (SSSR count). The lowest BCUT2D eigenvalue weighted by molar-refractivity contribution is -0.122. The topological polar surface area (TPSA) is 88.1 Å². The van der Waals surface area contributed by atoms with Crippen molar-refractivity contribution < 1.29 is 9.59 Å². The molecule has 3 aromatic carbocycles. The average Bonchev–Trinajstić information content (AvgIpc) is 3.62. The largest absolute Gasteiger partial charge is 0.324 e. The molecule has 1 aliphatic carbocycles. The molecule has 2 amide bonds. The molecule has 1 fully saturated rings. The van der Waals surface area contributed by atoms with Crippen molar-refractivity contribution in [2.24, 2.45) is 11.8 Å². The number of nitrogens with one attached hydrogen (secondary N) is 3. The maximum absolute atomic E-state index is 14.1. The molecule has 7 heteroatoms. The molecule has 0 spiro atoms.